The van der Waals surface area contributed by atoms with Crippen molar-refractivity contribution in [2.24, 2.45) is 5.92 Å². The number of halogens is 2. The van der Waals surface area contributed by atoms with E-state index in [1.165, 1.54) is 25.3 Å². The van der Waals surface area contributed by atoms with Crippen molar-refractivity contribution in [2.45, 2.75) is 25.9 Å². The van der Waals surface area contributed by atoms with E-state index < -0.39 is 12.6 Å². The van der Waals surface area contributed by atoms with Crippen LogP contribution in [0.2, 0.25) is 0 Å². The maximum absolute atomic E-state index is 12.2. The Hall–Kier alpha value is -2.11. The van der Waals surface area contributed by atoms with Crippen LogP contribution in [0.5, 0.6) is 11.5 Å². The van der Waals surface area contributed by atoms with Crippen LogP contribution in [0.1, 0.15) is 29.6 Å². The highest BCUT2D eigenvalue weighted by Crippen LogP contribution is 2.30. The third-order valence-corrected chi connectivity index (χ3v) is 3.44. The Morgan fingerprint density at radius 3 is 2.77 bits per heavy atom. The van der Waals surface area contributed by atoms with Gasteiger partial charge < -0.3 is 14.2 Å². The number of allylic oxidation sites excluding steroid dienone is 2. The van der Waals surface area contributed by atoms with E-state index >= 15 is 0 Å². The number of carbonyl (C=O) groups is 1. The minimum atomic E-state index is -2.95. The second kappa shape index (κ2) is 7.77. The Kier molecular flexibility index (Phi) is 5.75. The van der Waals surface area contributed by atoms with Crippen molar-refractivity contribution in [3.8, 4) is 11.5 Å². The molecule has 0 spiro atoms. The van der Waals surface area contributed by atoms with E-state index in [0.29, 0.717) is 12.5 Å². The number of methoxy groups -OCH3 is 1. The van der Waals surface area contributed by atoms with E-state index in [4.69, 9.17) is 9.47 Å². The lowest BCUT2D eigenvalue weighted by molar-refractivity contribution is -0.0512. The summed E-state index contributed by atoms with van der Waals surface area (Å²) in [6.45, 7) is -2.60. The molecule has 0 fully saturated rings. The van der Waals surface area contributed by atoms with Gasteiger partial charge >= 0.3 is 12.6 Å². The van der Waals surface area contributed by atoms with Crippen LogP contribution in [0, 0.1) is 5.92 Å². The van der Waals surface area contributed by atoms with E-state index in [1.807, 2.05) is 0 Å². The zero-order valence-electron chi connectivity index (χ0n) is 12.3. The molecule has 1 aromatic carbocycles. The van der Waals surface area contributed by atoms with Gasteiger partial charge in [0.1, 0.15) is 0 Å². The highest BCUT2D eigenvalue weighted by molar-refractivity contribution is 5.90. The summed E-state index contributed by atoms with van der Waals surface area (Å²) in [6.07, 6.45) is 7.09. The molecule has 0 saturated heterocycles. The number of benzene rings is 1. The summed E-state index contributed by atoms with van der Waals surface area (Å²) < 4.78 is 39.0. The van der Waals surface area contributed by atoms with Gasteiger partial charge in [0.25, 0.3) is 0 Å². The van der Waals surface area contributed by atoms with Gasteiger partial charge in [-0.3, -0.25) is 0 Å². The average molecular weight is 312 g/mol. The van der Waals surface area contributed by atoms with Gasteiger partial charge in [-0.1, -0.05) is 12.2 Å². The topological polar surface area (TPSA) is 44.8 Å². The van der Waals surface area contributed by atoms with Crippen LogP contribution >= 0.6 is 0 Å². The average Bonchev–Trinajstić information content (AvgIpc) is 2.53. The number of esters is 1. The molecule has 0 N–H and O–H groups in total. The molecule has 0 amide bonds. The van der Waals surface area contributed by atoms with Crippen LogP contribution in [-0.2, 0) is 4.74 Å². The largest absolute Gasteiger partial charge is 0.493 e. The number of rotatable bonds is 6. The molecule has 0 bridgehead atoms. The molecule has 4 nitrogen and oxygen atoms in total. The Bertz CT molecular complexity index is 543. The van der Waals surface area contributed by atoms with Crippen molar-refractivity contribution in [1.29, 1.82) is 0 Å². The van der Waals surface area contributed by atoms with Crippen LogP contribution < -0.4 is 9.47 Å². The molecular formula is C16H18F2O4. The number of alkyl halides is 2. The maximum atomic E-state index is 12.2. The predicted molar refractivity (Wildman–Crippen MR) is 76.4 cm³/mol. The molecule has 2 rings (SSSR count). The standard InChI is InChI=1S/C16H18F2O4/c1-20-14-9-12(7-8-13(14)22-16(17)18)15(19)21-10-11-5-3-2-4-6-11/h2-3,7-9,11,16H,4-6,10H2,1H3. The van der Waals surface area contributed by atoms with Gasteiger partial charge in [0.05, 0.1) is 19.3 Å². The van der Waals surface area contributed by atoms with Crippen LogP contribution in [-0.4, -0.2) is 26.3 Å². The van der Waals surface area contributed by atoms with E-state index in [2.05, 4.69) is 16.9 Å². The smallest absolute Gasteiger partial charge is 0.387 e. The van der Waals surface area contributed by atoms with Gasteiger partial charge in [-0.15, -0.1) is 0 Å². The Morgan fingerprint density at radius 1 is 1.32 bits per heavy atom. The maximum Gasteiger partial charge on any atom is 0.387 e. The lowest BCUT2D eigenvalue weighted by Crippen LogP contribution is -2.15. The van der Waals surface area contributed by atoms with Crippen molar-refractivity contribution in [1.82, 2.24) is 0 Å². The quantitative estimate of drug-likeness (QED) is 0.592. The van der Waals surface area contributed by atoms with Gasteiger partial charge in [-0.2, -0.15) is 8.78 Å². The minimum absolute atomic E-state index is 0.0651. The van der Waals surface area contributed by atoms with E-state index in [9.17, 15) is 13.6 Å². The first-order valence-electron chi connectivity index (χ1n) is 7.05. The molecule has 120 valence electrons. The SMILES string of the molecule is COc1cc(C(=O)OCC2CC=CCC2)ccc1OC(F)F. The number of hydrogen-bond acceptors (Lipinski definition) is 4. The van der Waals surface area contributed by atoms with Gasteiger partial charge in [0.2, 0.25) is 0 Å². The van der Waals surface area contributed by atoms with E-state index in [0.717, 1.165) is 19.3 Å². The molecule has 0 aliphatic heterocycles. The molecule has 0 radical (unpaired) electrons. The second-order valence-electron chi connectivity index (χ2n) is 4.99. The normalized spacial score (nSPS) is 17.4. The molecule has 0 aromatic heterocycles. The van der Waals surface area contributed by atoms with Gasteiger partial charge in [0.15, 0.2) is 11.5 Å². The summed E-state index contributed by atoms with van der Waals surface area (Å²) >= 11 is 0. The fourth-order valence-corrected chi connectivity index (χ4v) is 2.27. The monoisotopic (exact) mass is 312 g/mol. The number of ether oxygens (including phenoxy) is 3. The van der Waals surface area contributed by atoms with Crippen LogP contribution in [0.15, 0.2) is 30.4 Å². The fourth-order valence-electron chi connectivity index (χ4n) is 2.27. The number of carbonyl (C=O) groups excluding carboxylic acids is 1. The van der Waals surface area contributed by atoms with Crippen molar-refractivity contribution < 1.29 is 27.8 Å². The Balaban J connectivity index is 1.98. The lowest BCUT2D eigenvalue weighted by Gasteiger charge is -2.17. The van der Waals surface area contributed by atoms with Crippen LogP contribution in [0.4, 0.5) is 8.78 Å². The summed E-state index contributed by atoms with van der Waals surface area (Å²) in [4.78, 5) is 12.0. The summed E-state index contributed by atoms with van der Waals surface area (Å²) in [7, 11) is 1.32. The highest BCUT2D eigenvalue weighted by atomic mass is 19.3. The Labute approximate surface area is 127 Å². The first kappa shape index (κ1) is 16.3. The fraction of sp³-hybridized carbons (Fsp3) is 0.438. The van der Waals surface area contributed by atoms with Crippen molar-refractivity contribution in [3.05, 3.63) is 35.9 Å². The van der Waals surface area contributed by atoms with Crippen molar-refractivity contribution in [2.75, 3.05) is 13.7 Å². The summed E-state index contributed by atoms with van der Waals surface area (Å²) in [5.41, 5.74) is 0.241. The van der Waals surface area contributed by atoms with Crippen LogP contribution in [0.3, 0.4) is 0 Å². The van der Waals surface area contributed by atoms with Gasteiger partial charge in [-0.05, 0) is 43.4 Å². The molecule has 1 aliphatic carbocycles. The molecule has 0 heterocycles. The molecule has 6 heteroatoms. The highest BCUT2D eigenvalue weighted by Gasteiger charge is 2.17. The molecule has 1 atom stereocenters. The van der Waals surface area contributed by atoms with E-state index in [-0.39, 0.29) is 17.1 Å². The van der Waals surface area contributed by atoms with Crippen LogP contribution in [0.25, 0.3) is 0 Å². The summed E-state index contributed by atoms with van der Waals surface area (Å²) in [6, 6.07) is 3.98. The number of hydrogen-bond donors (Lipinski definition) is 0. The van der Waals surface area contributed by atoms with Gasteiger partial charge in [-0.25, -0.2) is 4.79 Å². The molecule has 22 heavy (non-hydrogen) atoms. The van der Waals surface area contributed by atoms with Crippen molar-refractivity contribution in [3.63, 3.8) is 0 Å². The second-order valence-corrected chi connectivity index (χ2v) is 4.99. The molecule has 1 aromatic rings. The summed E-state index contributed by atoms with van der Waals surface area (Å²) in [5.74, 6) is -0.226. The zero-order valence-corrected chi connectivity index (χ0v) is 12.3. The van der Waals surface area contributed by atoms with Crippen molar-refractivity contribution >= 4 is 5.97 Å². The summed E-state index contributed by atoms with van der Waals surface area (Å²) in [5, 5.41) is 0. The first-order chi connectivity index (χ1) is 10.6. The minimum Gasteiger partial charge on any atom is -0.493 e. The molecule has 1 aliphatic rings. The zero-order chi connectivity index (χ0) is 15.9. The Morgan fingerprint density at radius 2 is 2.14 bits per heavy atom. The molecule has 0 saturated carbocycles. The first-order valence-corrected chi connectivity index (χ1v) is 7.05. The van der Waals surface area contributed by atoms with Gasteiger partial charge in [0, 0.05) is 0 Å². The predicted octanol–water partition coefficient (Wildman–Crippen LogP) is 3.81. The lowest BCUT2D eigenvalue weighted by atomic mass is 9.95. The van der Waals surface area contributed by atoms with E-state index in [1.54, 1.807) is 0 Å². The molecular weight excluding hydrogens is 294 g/mol. The third-order valence-electron chi connectivity index (χ3n) is 3.44. The third kappa shape index (κ3) is 4.44. The molecule has 1 unspecified atom stereocenters.